The zero-order valence-corrected chi connectivity index (χ0v) is 3.32. The van der Waals surface area contributed by atoms with E-state index in [0.29, 0.717) is 0 Å². The summed E-state index contributed by atoms with van der Waals surface area (Å²) in [5.41, 5.74) is -0.939. The molecule has 0 radical (unpaired) electrons. The van der Waals surface area contributed by atoms with Gasteiger partial charge in [0.1, 0.15) is 2.74 Å². The van der Waals surface area contributed by atoms with Crippen molar-refractivity contribution in [3.05, 3.63) is 34.8 Å². The Kier molecular flexibility index (Phi) is 0.336. The van der Waals surface area contributed by atoms with Gasteiger partial charge < -0.3 is 4.42 Å². The summed E-state index contributed by atoms with van der Waals surface area (Å²) in [4.78, 5) is 10.7. The maximum atomic E-state index is 10.7. The van der Waals surface area contributed by atoms with E-state index in [1.54, 1.807) is 0 Å². The first-order chi connectivity index (χ1) is 5.04. The number of hydrogen-bond donors (Lipinski definition) is 0. The van der Waals surface area contributed by atoms with E-state index in [0.717, 1.165) is 0 Å². The second-order valence-electron chi connectivity index (χ2n) is 0.885. The first-order valence-electron chi connectivity index (χ1n) is 3.61. The van der Waals surface area contributed by atoms with Crippen LogP contribution in [0, 0.1) is 0 Å². The summed E-state index contributed by atoms with van der Waals surface area (Å²) in [6, 6.07) is -1.35. The van der Waals surface area contributed by atoms with E-state index in [9.17, 15) is 4.79 Å². The Morgan fingerprint density at radius 2 is 2.14 bits per heavy atom. The minimum Gasteiger partial charge on any atom is -0.472 e. The first kappa shape index (κ1) is 1.47. The second kappa shape index (κ2) is 1.60. The first-order valence-corrected chi connectivity index (χ1v) is 1.61. The van der Waals surface area contributed by atoms with Crippen LogP contribution in [0.3, 0.4) is 0 Å². The van der Waals surface area contributed by atoms with Crippen LogP contribution in [0.25, 0.3) is 0 Å². The van der Waals surface area contributed by atoms with Crippen LogP contribution < -0.4 is 5.43 Å². The molecule has 0 bridgehead atoms. The Bertz CT molecular complexity index is 314. The third-order valence-corrected chi connectivity index (χ3v) is 0.431. The van der Waals surface area contributed by atoms with Crippen molar-refractivity contribution in [1.29, 1.82) is 0 Å². The van der Waals surface area contributed by atoms with Crippen LogP contribution in [-0.4, -0.2) is 0 Å². The highest BCUT2D eigenvalue weighted by atomic mass is 16.3. The standard InChI is InChI=1S/C5H4O2/c6-5-1-3-7-4-2-5/h1-4H/i1D,2D,3D,4D. The molecule has 1 heterocycles. The van der Waals surface area contributed by atoms with Crippen molar-refractivity contribution in [1.82, 2.24) is 0 Å². The maximum absolute atomic E-state index is 10.7. The predicted octanol–water partition coefficient (Wildman–Crippen LogP) is 0.640. The molecule has 0 saturated heterocycles. The maximum Gasteiger partial charge on any atom is 0.184 e. The van der Waals surface area contributed by atoms with Crippen molar-refractivity contribution in [2.24, 2.45) is 0 Å². The molecule has 0 unspecified atom stereocenters. The van der Waals surface area contributed by atoms with E-state index >= 15 is 0 Å². The molecule has 1 aromatic rings. The Balaban J connectivity index is 3.59. The Labute approximate surface area is 46.0 Å². The van der Waals surface area contributed by atoms with E-state index < -0.39 is 30.0 Å². The Morgan fingerprint density at radius 1 is 1.57 bits per heavy atom. The number of hydrogen-bond acceptors (Lipinski definition) is 2. The van der Waals surface area contributed by atoms with Gasteiger partial charge in [0.05, 0.1) is 15.2 Å². The molecule has 0 atom stereocenters. The van der Waals surface area contributed by atoms with Crippen molar-refractivity contribution in [3.63, 3.8) is 0 Å². The van der Waals surface area contributed by atoms with Gasteiger partial charge in [-0.1, -0.05) is 0 Å². The molecule has 0 N–H and O–H groups in total. The van der Waals surface area contributed by atoms with Gasteiger partial charge in [0.2, 0.25) is 0 Å². The van der Waals surface area contributed by atoms with E-state index in [-0.39, 0.29) is 0 Å². The average Bonchev–Trinajstić information content (AvgIpc) is 1.97. The molecule has 0 saturated carbocycles. The molecule has 0 aliphatic heterocycles. The predicted molar refractivity (Wildman–Crippen MR) is 25.0 cm³/mol. The highest BCUT2D eigenvalue weighted by Crippen LogP contribution is 1.72. The van der Waals surface area contributed by atoms with Gasteiger partial charge in [0.15, 0.2) is 5.43 Å². The fourth-order valence-corrected chi connectivity index (χ4v) is 0.200. The summed E-state index contributed by atoms with van der Waals surface area (Å²) in [7, 11) is 0. The van der Waals surface area contributed by atoms with Gasteiger partial charge in [-0.15, -0.1) is 0 Å². The molecule has 1 rings (SSSR count). The fourth-order valence-electron chi connectivity index (χ4n) is 0.200. The largest absolute Gasteiger partial charge is 0.472 e. The van der Waals surface area contributed by atoms with Crippen LogP contribution in [0.15, 0.2) is 33.8 Å². The summed E-state index contributed by atoms with van der Waals surface area (Å²) in [5.74, 6) is 0. The SMILES string of the molecule is [2H]c1oc([2H])c([2H])c(=O)c1[2H]. The molecule has 1 aromatic heterocycles. The lowest BCUT2D eigenvalue weighted by Gasteiger charge is -1.72. The third kappa shape index (κ3) is 0.892. The smallest absolute Gasteiger partial charge is 0.184 e. The molecular formula is C5H4O2. The van der Waals surface area contributed by atoms with Crippen LogP contribution in [0.5, 0.6) is 0 Å². The van der Waals surface area contributed by atoms with Gasteiger partial charge in [-0.2, -0.15) is 0 Å². The second-order valence-corrected chi connectivity index (χ2v) is 0.885. The monoisotopic (exact) mass is 100 g/mol. The molecule has 36 valence electrons. The lowest BCUT2D eigenvalue weighted by molar-refractivity contribution is 0.548. The van der Waals surface area contributed by atoms with Crippen molar-refractivity contribution in [2.75, 3.05) is 0 Å². The van der Waals surface area contributed by atoms with Crippen molar-refractivity contribution in [3.8, 4) is 0 Å². The quantitative estimate of drug-likeness (QED) is 0.479. The van der Waals surface area contributed by atoms with Gasteiger partial charge in [-0.05, 0) is 0 Å². The molecule has 0 aliphatic rings. The molecule has 0 spiro atoms. The molecule has 0 aromatic carbocycles. The van der Waals surface area contributed by atoms with E-state index in [4.69, 9.17) is 5.48 Å². The van der Waals surface area contributed by atoms with Gasteiger partial charge in [-0.3, -0.25) is 4.79 Å². The molecule has 0 aliphatic carbocycles. The highest BCUT2D eigenvalue weighted by molar-refractivity contribution is 4.86. The molecule has 7 heavy (non-hydrogen) atoms. The normalized spacial score (nSPS) is 16.6. The van der Waals surface area contributed by atoms with Crippen molar-refractivity contribution < 1.29 is 9.90 Å². The summed E-state index contributed by atoms with van der Waals surface area (Å²) in [6.07, 6.45) is -1.34. The molecule has 0 amide bonds. The summed E-state index contributed by atoms with van der Waals surface area (Å²) >= 11 is 0. The summed E-state index contributed by atoms with van der Waals surface area (Å²) in [6.45, 7) is 0. The minimum absolute atomic E-state index is 0.670. The van der Waals surface area contributed by atoms with Crippen LogP contribution in [0.2, 0.25) is 0 Å². The third-order valence-electron chi connectivity index (χ3n) is 0.431. The zero-order chi connectivity index (χ0) is 8.59. The summed E-state index contributed by atoms with van der Waals surface area (Å²) in [5, 5.41) is 0. The van der Waals surface area contributed by atoms with Crippen LogP contribution >= 0.6 is 0 Å². The highest BCUT2D eigenvalue weighted by Gasteiger charge is 1.72. The minimum atomic E-state index is -0.939. The van der Waals surface area contributed by atoms with Crippen LogP contribution in [-0.2, 0) is 0 Å². The summed E-state index contributed by atoms with van der Waals surface area (Å²) < 4.78 is 31.7. The van der Waals surface area contributed by atoms with Gasteiger partial charge in [0.25, 0.3) is 0 Å². The molecule has 2 nitrogen and oxygen atoms in total. The Morgan fingerprint density at radius 3 is 2.71 bits per heavy atom. The van der Waals surface area contributed by atoms with E-state index in [1.165, 1.54) is 0 Å². The Hall–Kier alpha value is -1.05. The van der Waals surface area contributed by atoms with Gasteiger partial charge >= 0.3 is 0 Å². The molecular weight excluding hydrogens is 92.1 g/mol. The van der Waals surface area contributed by atoms with Gasteiger partial charge in [0, 0.05) is 12.1 Å². The average molecular weight is 100 g/mol. The lowest BCUT2D eigenvalue weighted by Crippen LogP contribution is -1.90. The van der Waals surface area contributed by atoms with Crippen LogP contribution in [0.4, 0.5) is 0 Å². The topological polar surface area (TPSA) is 30.2 Å². The molecule has 2 heteroatoms. The zero-order valence-electron chi connectivity index (χ0n) is 7.32. The van der Waals surface area contributed by atoms with Crippen molar-refractivity contribution >= 4 is 0 Å². The van der Waals surface area contributed by atoms with Crippen molar-refractivity contribution in [2.45, 2.75) is 0 Å². The number of rotatable bonds is 0. The fraction of sp³-hybridized carbons (Fsp3) is 0. The molecule has 0 fully saturated rings. The lowest BCUT2D eigenvalue weighted by atomic mass is 10.5. The van der Waals surface area contributed by atoms with E-state index in [2.05, 4.69) is 4.42 Å². The van der Waals surface area contributed by atoms with E-state index in [1.807, 2.05) is 0 Å². The van der Waals surface area contributed by atoms with Gasteiger partial charge in [-0.25, -0.2) is 0 Å². The van der Waals surface area contributed by atoms with Crippen LogP contribution in [0.1, 0.15) is 5.48 Å².